The van der Waals surface area contributed by atoms with Crippen molar-refractivity contribution in [3.8, 4) is 10.4 Å². The van der Waals surface area contributed by atoms with Crippen molar-refractivity contribution in [2.75, 3.05) is 26.2 Å². The van der Waals surface area contributed by atoms with E-state index in [0.29, 0.717) is 13.0 Å². The standard InChI is InChI=1S/C22H28N2O2S/c23-12-5-4-8-20(25)24-13-10-22(11-14-24)21-18(9-15-26-22)16-19(27-21)17-6-2-1-3-7-17/h1-3,6-7,16H,4-5,8-15,23H2. The van der Waals surface area contributed by atoms with Gasteiger partial charge in [-0.25, -0.2) is 0 Å². The third-order valence-electron chi connectivity index (χ3n) is 5.80. The van der Waals surface area contributed by atoms with Crippen molar-refractivity contribution in [3.63, 3.8) is 0 Å². The Kier molecular flexibility index (Phi) is 5.62. The first kappa shape index (κ1) is 18.7. The van der Waals surface area contributed by atoms with E-state index >= 15 is 0 Å². The molecule has 5 heteroatoms. The van der Waals surface area contributed by atoms with Gasteiger partial charge in [0.25, 0.3) is 0 Å². The van der Waals surface area contributed by atoms with Gasteiger partial charge in [-0.1, -0.05) is 30.3 Å². The smallest absolute Gasteiger partial charge is 0.222 e. The Morgan fingerprint density at radius 3 is 2.70 bits per heavy atom. The minimum Gasteiger partial charge on any atom is -0.369 e. The van der Waals surface area contributed by atoms with Crippen LogP contribution in [0.4, 0.5) is 0 Å². The molecule has 2 aliphatic rings. The normalized spacial score (nSPS) is 18.5. The van der Waals surface area contributed by atoms with E-state index in [1.54, 1.807) is 0 Å². The van der Waals surface area contributed by atoms with E-state index in [1.807, 2.05) is 16.2 Å². The summed E-state index contributed by atoms with van der Waals surface area (Å²) >= 11 is 1.88. The van der Waals surface area contributed by atoms with Crippen LogP contribution in [0.15, 0.2) is 36.4 Å². The van der Waals surface area contributed by atoms with Crippen molar-refractivity contribution in [2.24, 2.45) is 5.73 Å². The van der Waals surface area contributed by atoms with E-state index < -0.39 is 0 Å². The predicted octanol–water partition coefficient (Wildman–Crippen LogP) is 3.93. The Hall–Kier alpha value is -1.69. The summed E-state index contributed by atoms with van der Waals surface area (Å²) in [5, 5.41) is 0. The van der Waals surface area contributed by atoms with Gasteiger partial charge in [-0.15, -0.1) is 11.3 Å². The first-order valence-corrected chi connectivity index (χ1v) is 10.8. The second-order valence-corrected chi connectivity index (χ2v) is 8.60. The van der Waals surface area contributed by atoms with Crippen LogP contribution in [0, 0.1) is 0 Å². The number of hydrogen-bond donors (Lipinski definition) is 1. The fraction of sp³-hybridized carbons (Fsp3) is 0.500. The molecule has 144 valence electrons. The Labute approximate surface area is 165 Å². The molecule has 1 spiro atoms. The number of rotatable bonds is 5. The van der Waals surface area contributed by atoms with E-state index in [9.17, 15) is 4.79 Å². The van der Waals surface area contributed by atoms with Crippen molar-refractivity contribution in [2.45, 2.75) is 44.1 Å². The predicted molar refractivity (Wildman–Crippen MR) is 110 cm³/mol. The van der Waals surface area contributed by atoms with Crippen molar-refractivity contribution in [1.29, 1.82) is 0 Å². The minimum absolute atomic E-state index is 0.195. The van der Waals surface area contributed by atoms with Crippen LogP contribution in [0.25, 0.3) is 10.4 Å². The molecule has 27 heavy (non-hydrogen) atoms. The Balaban J connectivity index is 1.48. The van der Waals surface area contributed by atoms with Crippen LogP contribution in [-0.2, 0) is 21.6 Å². The molecular weight excluding hydrogens is 356 g/mol. The molecule has 2 aliphatic heterocycles. The molecule has 1 amide bonds. The number of piperidine rings is 1. The number of benzene rings is 1. The zero-order valence-corrected chi connectivity index (χ0v) is 16.6. The van der Waals surface area contributed by atoms with E-state index in [1.165, 1.54) is 20.9 Å². The fourth-order valence-corrected chi connectivity index (χ4v) is 5.65. The maximum atomic E-state index is 12.4. The molecule has 0 bridgehead atoms. The second kappa shape index (κ2) is 8.13. The first-order valence-electron chi connectivity index (χ1n) is 10.0. The van der Waals surface area contributed by atoms with Crippen molar-refractivity contribution in [3.05, 3.63) is 46.8 Å². The number of likely N-dealkylation sites (tertiary alicyclic amines) is 1. The van der Waals surface area contributed by atoms with Gasteiger partial charge < -0.3 is 15.4 Å². The lowest BCUT2D eigenvalue weighted by Gasteiger charge is -2.43. The molecule has 0 saturated carbocycles. The number of amides is 1. The molecule has 0 aliphatic carbocycles. The minimum atomic E-state index is -0.195. The highest BCUT2D eigenvalue weighted by molar-refractivity contribution is 7.15. The molecular formula is C22H28N2O2S. The monoisotopic (exact) mass is 384 g/mol. The average Bonchev–Trinajstić information content (AvgIpc) is 3.15. The number of carbonyl (C=O) groups is 1. The highest BCUT2D eigenvalue weighted by Crippen LogP contribution is 2.47. The van der Waals surface area contributed by atoms with Crippen LogP contribution in [0.1, 0.15) is 42.5 Å². The van der Waals surface area contributed by atoms with E-state index in [4.69, 9.17) is 10.5 Å². The van der Waals surface area contributed by atoms with Crippen LogP contribution >= 0.6 is 11.3 Å². The Morgan fingerprint density at radius 1 is 1.19 bits per heavy atom. The lowest BCUT2D eigenvalue weighted by Crippen LogP contribution is -2.47. The van der Waals surface area contributed by atoms with Gasteiger partial charge in [-0.3, -0.25) is 4.79 Å². The van der Waals surface area contributed by atoms with Gasteiger partial charge >= 0.3 is 0 Å². The highest BCUT2D eigenvalue weighted by atomic mass is 32.1. The van der Waals surface area contributed by atoms with Gasteiger partial charge in [0.2, 0.25) is 5.91 Å². The lowest BCUT2D eigenvalue weighted by atomic mass is 9.85. The molecule has 0 unspecified atom stereocenters. The van der Waals surface area contributed by atoms with E-state index in [0.717, 1.165) is 51.8 Å². The number of carbonyl (C=O) groups excluding carboxylic acids is 1. The summed E-state index contributed by atoms with van der Waals surface area (Å²) in [5.74, 6) is 0.269. The third-order valence-corrected chi connectivity index (χ3v) is 7.21. The molecule has 3 heterocycles. The van der Waals surface area contributed by atoms with Crippen LogP contribution in [0.5, 0.6) is 0 Å². The number of nitrogens with zero attached hydrogens (tertiary/aromatic N) is 1. The Bertz CT molecular complexity index is 779. The Morgan fingerprint density at radius 2 is 1.96 bits per heavy atom. The molecule has 1 aromatic heterocycles. The van der Waals surface area contributed by atoms with E-state index in [2.05, 4.69) is 36.4 Å². The summed E-state index contributed by atoms with van der Waals surface area (Å²) < 4.78 is 6.36. The fourth-order valence-electron chi connectivity index (χ4n) is 4.23. The van der Waals surface area contributed by atoms with Gasteiger partial charge in [0.05, 0.1) is 6.61 Å². The van der Waals surface area contributed by atoms with Crippen molar-refractivity contribution >= 4 is 17.2 Å². The summed E-state index contributed by atoms with van der Waals surface area (Å²) in [5.41, 5.74) is 8.06. The molecule has 4 nitrogen and oxygen atoms in total. The third kappa shape index (κ3) is 3.82. The summed E-state index contributed by atoms with van der Waals surface area (Å²) in [7, 11) is 0. The van der Waals surface area contributed by atoms with Gasteiger partial charge in [0.1, 0.15) is 5.60 Å². The maximum Gasteiger partial charge on any atom is 0.222 e. The first-order chi connectivity index (χ1) is 13.2. The molecule has 1 fully saturated rings. The molecule has 4 rings (SSSR count). The van der Waals surface area contributed by atoms with Crippen molar-refractivity contribution < 1.29 is 9.53 Å². The number of hydrogen-bond acceptors (Lipinski definition) is 4. The van der Waals surface area contributed by atoms with Gasteiger partial charge in [-0.05, 0) is 55.8 Å². The maximum absolute atomic E-state index is 12.4. The van der Waals surface area contributed by atoms with Crippen molar-refractivity contribution in [1.82, 2.24) is 4.90 Å². The lowest BCUT2D eigenvalue weighted by molar-refractivity contribution is -0.140. The summed E-state index contributed by atoms with van der Waals surface area (Å²) in [6, 6.07) is 12.9. The molecule has 1 aromatic carbocycles. The largest absolute Gasteiger partial charge is 0.369 e. The SMILES string of the molecule is NCCCCC(=O)N1CCC2(CC1)OCCc1cc(-c3ccccc3)sc12. The van der Waals surface area contributed by atoms with Crippen LogP contribution in [0.2, 0.25) is 0 Å². The average molecular weight is 385 g/mol. The zero-order chi connectivity index (χ0) is 18.7. The number of ether oxygens (including phenoxy) is 1. The van der Waals surface area contributed by atoms with Gasteiger partial charge in [-0.2, -0.15) is 0 Å². The molecule has 2 aromatic rings. The quantitative estimate of drug-likeness (QED) is 0.795. The number of nitrogens with two attached hydrogens (primary N) is 1. The number of fused-ring (bicyclic) bond motifs is 2. The van der Waals surface area contributed by atoms with Gasteiger partial charge in [0, 0.05) is 29.3 Å². The van der Waals surface area contributed by atoms with Crippen LogP contribution < -0.4 is 5.73 Å². The zero-order valence-electron chi connectivity index (χ0n) is 15.8. The van der Waals surface area contributed by atoms with Crippen LogP contribution in [0.3, 0.4) is 0 Å². The second-order valence-electron chi connectivity index (χ2n) is 7.55. The highest BCUT2D eigenvalue weighted by Gasteiger charge is 2.43. The number of unbranched alkanes of at least 4 members (excludes halogenated alkanes) is 1. The van der Waals surface area contributed by atoms with Crippen LogP contribution in [-0.4, -0.2) is 37.0 Å². The summed E-state index contributed by atoms with van der Waals surface area (Å²) in [6.07, 6.45) is 5.22. The molecule has 0 radical (unpaired) electrons. The van der Waals surface area contributed by atoms with Gasteiger partial charge in [0.15, 0.2) is 0 Å². The molecule has 1 saturated heterocycles. The topological polar surface area (TPSA) is 55.6 Å². The number of thiophene rings is 1. The van der Waals surface area contributed by atoms with E-state index in [-0.39, 0.29) is 11.5 Å². The molecule has 0 atom stereocenters. The summed E-state index contributed by atoms with van der Waals surface area (Å²) in [6.45, 7) is 3.02. The molecule has 2 N–H and O–H groups in total. The summed E-state index contributed by atoms with van der Waals surface area (Å²) in [4.78, 5) is 17.2.